The second kappa shape index (κ2) is 7.17. The molecule has 0 heterocycles. The van der Waals surface area contributed by atoms with Gasteiger partial charge >= 0.3 is 0 Å². The number of rotatable bonds is 6. The summed E-state index contributed by atoms with van der Waals surface area (Å²) in [5.41, 5.74) is 8.07. The lowest BCUT2D eigenvalue weighted by Gasteiger charge is -2.23. The van der Waals surface area contributed by atoms with Crippen molar-refractivity contribution in [1.29, 1.82) is 0 Å². The first-order valence-electron chi connectivity index (χ1n) is 6.71. The smallest absolute Gasteiger partial charge is 0.228 e. The Morgan fingerprint density at radius 1 is 1.39 bits per heavy atom. The van der Waals surface area contributed by atoms with E-state index in [0.29, 0.717) is 13.0 Å². The minimum Gasteiger partial charge on any atom is -0.327 e. The number of nitrogens with zero attached hydrogens (tertiary/aromatic N) is 1. The maximum absolute atomic E-state index is 12.2. The summed E-state index contributed by atoms with van der Waals surface area (Å²) < 4.78 is 0. The van der Waals surface area contributed by atoms with Crippen molar-refractivity contribution in [1.82, 2.24) is 0 Å². The topological polar surface area (TPSA) is 46.3 Å². The maximum Gasteiger partial charge on any atom is 0.228 e. The van der Waals surface area contributed by atoms with E-state index < -0.39 is 0 Å². The van der Waals surface area contributed by atoms with Gasteiger partial charge in [-0.3, -0.25) is 4.79 Å². The van der Waals surface area contributed by atoms with Crippen molar-refractivity contribution < 1.29 is 4.79 Å². The number of hydrogen-bond acceptors (Lipinski definition) is 2. The zero-order valence-corrected chi connectivity index (χ0v) is 11.6. The fourth-order valence-electron chi connectivity index (χ4n) is 2.11. The molecule has 0 saturated heterocycles. The zero-order chi connectivity index (χ0) is 13.5. The molecule has 2 N–H and O–H groups in total. The summed E-state index contributed by atoms with van der Waals surface area (Å²) in [4.78, 5) is 14.0. The molecular formula is C15H24N2O. The number of nitrogens with two attached hydrogens (primary N) is 1. The standard InChI is InChI=1S/C15H24N2O/c1-4-7-13(16)11-15(18)17(5-2)14-9-6-8-12(3)10-14/h6,8-10,13H,4-5,7,11,16H2,1-3H3. The van der Waals surface area contributed by atoms with Crippen LogP contribution in [0.4, 0.5) is 5.69 Å². The first-order chi connectivity index (χ1) is 8.58. The SMILES string of the molecule is CCCC(N)CC(=O)N(CC)c1cccc(C)c1. The summed E-state index contributed by atoms with van der Waals surface area (Å²) in [6, 6.07) is 7.99. The molecule has 100 valence electrons. The Kier molecular flexibility index (Phi) is 5.86. The van der Waals surface area contributed by atoms with Gasteiger partial charge < -0.3 is 10.6 Å². The summed E-state index contributed by atoms with van der Waals surface area (Å²) in [7, 11) is 0. The molecule has 0 aliphatic rings. The molecule has 1 unspecified atom stereocenters. The van der Waals surface area contributed by atoms with Crippen molar-refractivity contribution in [3.63, 3.8) is 0 Å². The van der Waals surface area contributed by atoms with E-state index in [2.05, 4.69) is 6.92 Å². The van der Waals surface area contributed by atoms with Gasteiger partial charge in [-0.15, -0.1) is 0 Å². The first-order valence-corrected chi connectivity index (χ1v) is 6.71. The summed E-state index contributed by atoms with van der Waals surface area (Å²) in [6.45, 7) is 6.79. The number of benzene rings is 1. The average Bonchev–Trinajstić information content (AvgIpc) is 2.30. The number of anilines is 1. The van der Waals surface area contributed by atoms with E-state index in [0.717, 1.165) is 24.1 Å². The molecule has 0 saturated carbocycles. The second-order valence-corrected chi connectivity index (χ2v) is 4.73. The van der Waals surface area contributed by atoms with Gasteiger partial charge in [0.15, 0.2) is 0 Å². The average molecular weight is 248 g/mol. The third-order valence-electron chi connectivity index (χ3n) is 3.03. The van der Waals surface area contributed by atoms with E-state index in [-0.39, 0.29) is 11.9 Å². The van der Waals surface area contributed by atoms with Gasteiger partial charge in [0, 0.05) is 24.7 Å². The summed E-state index contributed by atoms with van der Waals surface area (Å²) >= 11 is 0. The van der Waals surface area contributed by atoms with E-state index in [1.54, 1.807) is 0 Å². The second-order valence-electron chi connectivity index (χ2n) is 4.73. The molecule has 0 aliphatic carbocycles. The van der Waals surface area contributed by atoms with Crippen molar-refractivity contribution in [3.05, 3.63) is 29.8 Å². The van der Waals surface area contributed by atoms with Crippen LogP contribution in [-0.2, 0) is 4.79 Å². The lowest BCUT2D eigenvalue weighted by molar-refractivity contribution is -0.118. The molecule has 0 aromatic heterocycles. The first kappa shape index (κ1) is 14.7. The summed E-state index contributed by atoms with van der Waals surface area (Å²) in [5.74, 6) is 0.115. The monoisotopic (exact) mass is 248 g/mol. The highest BCUT2D eigenvalue weighted by molar-refractivity contribution is 5.93. The highest BCUT2D eigenvalue weighted by atomic mass is 16.2. The predicted molar refractivity (Wildman–Crippen MR) is 76.7 cm³/mol. The van der Waals surface area contributed by atoms with Gasteiger partial charge in [0.1, 0.15) is 0 Å². The Labute approximate surface area is 110 Å². The zero-order valence-electron chi connectivity index (χ0n) is 11.6. The molecule has 1 aromatic carbocycles. The third-order valence-corrected chi connectivity index (χ3v) is 3.03. The molecular weight excluding hydrogens is 224 g/mol. The van der Waals surface area contributed by atoms with Gasteiger partial charge in [0.05, 0.1) is 0 Å². The molecule has 18 heavy (non-hydrogen) atoms. The summed E-state index contributed by atoms with van der Waals surface area (Å²) in [5, 5.41) is 0. The summed E-state index contributed by atoms with van der Waals surface area (Å²) in [6.07, 6.45) is 2.34. The molecule has 3 heteroatoms. The predicted octanol–water partition coefficient (Wildman–Crippen LogP) is 2.87. The van der Waals surface area contributed by atoms with Gasteiger partial charge in [-0.2, -0.15) is 0 Å². The molecule has 1 rings (SSSR count). The molecule has 1 atom stereocenters. The van der Waals surface area contributed by atoms with Crippen LogP contribution in [0.2, 0.25) is 0 Å². The van der Waals surface area contributed by atoms with Gasteiger partial charge in [-0.1, -0.05) is 25.5 Å². The molecule has 0 aliphatic heterocycles. The van der Waals surface area contributed by atoms with Gasteiger partial charge in [-0.05, 0) is 38.0 Å². The van der Waals surface area contributed by atoms with Crippen LogP contribution in [0.15, 0.2) is 24.3 Å². The Morgan fingerprint density at radius 2 is 2.11 bits per heavy atom. The van der Waals surface area contributed by atoms with Gasteiger partial charge in [0.2, 0.25) is 5.91 Å². The van der Waals surface area contributed by atoms with Crippen molar-refractivity contribution in [3.8, 4) is 0 Å². The maximum atomic E-state index is 12.2. The number of hydrogen-bond donors (Lipinski definition) is 1. The van der Waals surface area contributed by atoms with Gasteiger partial charge in [-0.25, -0.2) is 0 Å². The highest BCUT2D eigenvalue weighted by Gasteiger charge is 2.16. The normalized spacial score (nSPS) is 12.2. The van der Waals surface area contributed by atoms with Crippen LogP contribution >= 0.6 is 0 Å². The van der Waals surface area contributed by atoms with Crippen molar-refractivity contribution in [2.45, 2.75) is 46.1 Å². The van der Waals surface area contributed by atoms with Crippen molar-refractivity contribution >= 4 is 11.6 Å². The van der Waals surface area contributed by atoms with E-state index >= 15 is 0 Å². The molecule has 0 fully saturated rings. The number of amides is 1. The van der Waals surface area contributed by atoms with Crippen LogP contribution < -0.4 is 10.6 Å². The van der Waals surface area contributed by atoms with E-state index in [4.69, 9.17) is 5.73 Å². The van der Waals surface area contributed by atoms with Crippen LogP contribution in [0, 0.1) is 6.92 Å². The van der Waals surface area contributed by atoms with Crippen LogP contribution in [0.5, 0.6) is 0 Å². The van der Waals surface area contributed by atoms with E-state index in [9.17, 15) is 4.79 Å². The van der Waals surface area contributed by atoms with Crippen LogP contribution in [0.1, 0.15) is 38.7 Å². The van der Waals surface area contributed by atoms with Crippen LogP contribution in [-0.4, -0.2) is 18.5 Å². The van der Waals surface area contributed by atoms with Crippen LogP contribution in [0.25, 0.3) is 0 Å². The quantitative estimate of drug-likeness (QED) is 0.841. The molecule has 1 aromatic rings. The highest BCUT2D eigenvalue weighted by Crippen LogP contribution is 2.17. The number of carbonyl (C=O) groups excluding carboxylic acids is 1. The van der Waals surface area contributed by atoms with Gasteiger partial charge in [0.25, 0.3) is 0 Å². The van der Waals surface area contributed by atoms with Crippen molar-refractivity contribution in [2.24, 2.45) is 5.73 Å². The molecule has 0 spiro atoms. The molecule has 0 radical (unpaired) electrons. The Bertz CT molecular complexity index is 390. The number of carbonyl (C=O) groups is 1. The molecule has 0 bridgehead atoms. The van der Waals surface area contributed by atoms with E-state index in [1.807, 2.05) is 43.0 Å². The minimum atomic E-state index is -0.0265. The fourth-order valence-corrected chi connectivity index (χ4v) is 2.11. The largest absolute Gasteiger partial charge is 0.327 e. The minimum absolute atomic E-state index is 0.0265. The van der Waals surface area contributed by atoms with Crippen LogP contribution in [0.3, 0.4) is 0 Å². The lowest BCUT2D eigenvalue weighted by atomic mass is 10.1. The lowest BCUT2D eigenvalue weighted by Crippen LogP contribution is -2.35. The van der Waals surface area contributed by atoms with E-state index in [1.165, 1.54) is 0 Å². The fraction of sp³-hybridized carbons (Fsp3) is 0.533. The molecule has 3 nitrogen and oxygen atoms in total. The number of aryl methyl sites for hydroxylation is 1. The third kappa shape index (κ3) is 4.15. The van der Waals surface area contributed by atoms with Crippen molar-refractivity contribution in [2.75, 3.05) is 11.4 Å². The Morgan fingerprint density at radius 3 is 2.67 bits per heavy atom. The Hall–Kier alpha value is -1.35. The molecule has 1 amide bonds. The Balaban J connectivity index is 2.74.